The molecule has 1 aliphatic rings. The van der Waals surface area contributed by atoms with Gasteiger partial charge in [-0.05, 0) is 44.4 Å². The van der Waals surface area contributed by atoms with Crippen molar-refractivity contribution >= 4 is 29.0 Å². The van der Waals surface area contributed by atoms with E-state index in [-0.39, 0.29) is 18.9 Å². The number of amides is 2. The highest BCUT2D eigenvalue weighted by Gasteiger charge is 2.40. The van der Waals surface area contributed by atoms with Crippen molar-refractivity contribution in [3.63, 3.8) is 0 Å². The van der Waals surface area contributed by atoms with Gasteiger partial charge in [0.2, 0.25) is 5.91 Å². The molecule has 0 radical (unpaired) electrons. The number of fused-ring (bicyclic) bond motifs is 3. The summed E-state index contributed by atoms with van der Waals surface area (Å²) in [5, 5.41) is 2.00. The monoisotopic (exact) mass is 507 g/mol. The molecule has 37 heavy (non-hydrogen) atoms. The summed E-state index contributed by atoms with van der Waals surface area (Å²) in [5.74, 6) is -0.345. The van der Waals surface area contributed by atoms with Crippen LogP contribution in [0.1, 0.15) is 50.1 Å². The van der Waals surface area contributed by atoms with Gasteiger partial charge < -0.3 is 9.47 Å². The van der Waals surface area contributed by atoms with Gasteiger partial charge >= 0.3 is 12.2 Å². The number of rotatable bonds is 5. The van der Waals surface area contributed by atoms with E-state index in [1.54, 1.807) is 20.8 Å². The summed E-state index contributed by atoms with van der Waals surface area (Å²) >= 11 is 0. The number of hydroxylamine groups is 2. The van der Waals surface area contributed by atoms with Crippen LogP contribution in [0.15, 0.2) is 54.6 Å². The molecule has 4 rings (SSSR count). The Bertz CT molecular complexity index is 1290. The van der Waals surface area contributed by atoms with E-state index in [1.807, 2.05) is 54.6 Å². The zero-order chi connectivity index (χ0) is 26.7. The molecular weight excluding hydrogens is 474 g/mol. The number of carbonyl (C=O) groups is 3. The smallest absolute Gasteiger partial charge is 0.419 e. The van der Waals surface area contributed by atoms with Gasteiger partial charge in [0, 0.05) is 19.0 Å². The molecule has 0 spiro atoms. The van der Waals surface area contributed by atoms with Crippen molar-refractivity contribution in [2.75, 3.05) is 20.7 Å². The molecule has 3 aromatic rings. The number of nitrogens with zero attached hydrogens (tertiary/aromatic N) is 3. The molecule has 2 amide bonds. The molecule has 0 fully saturated rings. The summed E-state index contributed by atoms with van der Waals surface area (Å²) < 4.78 is 12.9. The first-order chi connectivity index (χ1) is 17.6. The van der Waals surface area contributed by atoms with E-state index in [2.05, 4.69) is 0 Å². The van der Waals surface area contributed by atoms with Crippen molar-refractivity contribution in [3.8, 4) is 0 Å². The van der Waals surface area contributed by atoms with Crippen LogP contribution < -0.4 is 0 Å². The molecule has 0 N–H and O–H groups in total. The molecule has 0 saturated carbocycles. The Morgan fingerprint density at radius 1 is 1.00 bits per heavy atom. The Hall–Kier alpha value is -3.85. The molecule has 196 valence electrons. The second-order valence-electron chi connectivity index (χ2n) is 9.97. The summed E-state index contributed by atoms with van der Waals surface area (Å²) in [5.41, 5.74) is 2.24. The van der Waals surface area contributed by atoms with Gasteiger partial charge in [0.1, 0.15) is 12.2 Å². The van der Waals surface area contributed by atoms with Gasteiger partial charge in [0.05, 0.1) is 30.8 Å². The Morgan fingerprint density at radius 3 is 2.35 bits per heavy atom. The van der Waals surface area contributed by atoms with Gasteiger partial charge in [0.15, 0.2) is 0 Å². The molecule has 0 saturated heterocycles. The van der Waals surface area contributed by atoms with Gasteiger partial charge in [-0.1, -0.05) is 48.5 Å². The van der Waals surface area contributed by atoms with Crippen LogP contribution >= 0.6 is 0 Å². The lowest BCUT2D eigenvalue weighted by molar-refractivity contribution is -0.170. The van der Waals surface area contributed by atoms with Crippen molar-refractivity contribution in [1.82, 2.24) is 14.5 Å². The standard InChI is InChI=1S/C28H33N3O6/c1-28(2,3)37-27(34)31-22-14-10-9-13-20(22)21-15-16-30(23(25(21)31)17-24(32)29(4)35-5)26(33)36-18-19-11-7-6-8-12-19/h6-14,23H,15-18H2,1-5H3. The lowest BCUT2D eigenvalue weighted by Gasteiger charge is -2.36. The number of para-hydroxylation sites is 1. The second-order valence-corrected chi connectivity index (χ2v) is 9.97. The molecule has 9 nitrogen and oxygen atoms in total. The van der Waals surface area contributed by atoms with Gasteiger partial charge in [-0.3, -0.25) is 14.5 Å². The third-order valence-corrected chi connectivity index (χ3v) is 6.32. The number of hydrogen-bond donors (Lipinski definition) is 0. The van der Waals surface area contributed by atoms with E-state index in [9.17, 15) is 14.4 Å². The van der Waals surface area contributed by atoms with E-state index in [0.717, 1.165) is 21.6 Å². The fourth-order valence-electron chi connectivity index (χ4n) is 4.60. The quantitative estimate of drug-likeness (QED) is 0.448. The summed E-state index contributed by atoms with van der Waals surface area (Å²) in [6, 6.07) is 16.1. The van der Waals surface area contributed by atoms with Crippen LogP contribution in [-0.2, 0) is 32.1 Å². The van der Waals surface area contributed by atoms with Gasteiger partial charge in [-0.2, -0.15) is 0 Å². The summed E-state index contributed by atoms with van der Waals surface area (Å²) in [4.78, 5) is 46.5. The molecular formula is C28H33N3O6. The lowest BCUT2D eigenvalue weighted by atomic mass is 9.95. The largest absolute Gasteiger partial charge is 0.445 e. The van der Waals surface area contributed by atoms with Crippen LogP contribution in [0.5, 0.6) is 0 Å². The Kier molecular flexibility index (Phi) is 7.54. The Morgan fingerprint density at radius 2 is 1.68 bits per heavy atom. The first kappa shape index (κ1) is 26.2. The number of benzene rings is 2. The third-order valence-electron chi connectivity index (χ3n) is 6.32. The second kappa shape index (κ2) is 10.6. The highest BCUT2D eigenvalue weighted by atomic mass is 16.7. The molecule has 9 heteroatoms. The van der Waals surface area contributed by atoms with Crippen LogP contribution in [0.2, 0.25) is 0 Å². The van der Waals surface area contributed by atoms with Crippen molar-refractivity contribution in [1.29, 1.82) is 0 Å². The third kappa shape index (κ3) is 5.61. The fourth-order valence-corrected chi connectivity index (χ4v) is 4.60. The first-order valence-corrected chi connectivity index (χ1v) is 12.2. The average Bonchev–Trinajstić information content (AvgIpc) is 3.21. The summed E-state index contributed by atoms with van der Waals surface area (Å²) in [6.07, 6.45) is -0.733. The molecule has 1 unspecified atom stereocenters. The molecule has 1 aromatic heterocycles. The highest BCUT2D eigenvalue weighted by molar-refractivity contribution is 5.95. The van der Waals surface area contributed by atoms with Crippen LogP contribution in [-0.4, -0.2) is 58.9 Å². The van der Waals surface area contributed by atoms with Crippen molar-refractivity contribution in [2.45, 2.75) is 51.9 Å². The van der Waals surface area contributed by atoms with Gasteiger partial charge in [-0.25, -0.2) is 19.2 Å². The summed E-state index contributed by atoms with van der Waals surface area (Å²) in [6.45, 7) is 5.81. The molecule has 1 atom stereocenters. The summed E-state index contributed by atoms with van der Waals surface area (Å²) in [7, 11) is 2.90. The van der Waals surface area contributed by atoms with Crippen LogP contribution in [0.3, 0.4) is 0 Å². The molecule has 1 aliphatic heterocycles. The van der Waals surface area contributed by atoms with E-state index >= 15 is 0 Å². The van der Waals surface area contributed by atoms with E-state index in [1.165, 1.54) is 23.6 Å². The maximum absolute atomic E-state index is 13.5. The molecule has 0 bridgehead atoms. The predicted molar refractivity (Wildman–Crippen MR) is 138 cm³/mol. The van der Waals surface area contributed by atoms with E-state index in [4.69, 9.17) is 14.3 Å². The van der Waals surface area contributed by atoms with E-state index < -0.39 is 23.8 Å². The minimum Gasteiger partial charge on any atom is -0.445 e. The topological polar surface area (TPSA) is 90.3 Å². The normalized spacial score (nSPS) is 15.3. The van der Waals surface area contributed by atoms with Crippen molar-refractivity contribution in [3.05, 3.63) is 71.4 Å². The highest BCUT2D eigenvalue weighted by Crippen LogP contribution is 2.40. The SMILES string of the molecule is CON(C)C(=O)CC1c2c(c3ccccc3n2C(=O)OC(C)(C)C)CCN1C(=O)OCc1ccccc1. The van der Waals surface area contributed by atoms with Crippen molar-refractivity contribution < 1.29 is 28.7 Å². The van der Waals surface area contributed by atoms with Crippen LogP contribution in [0.4, 0.5) is 9.59 Å². The Labute approximate surface area is 216 Å². The molecule has 0 aliphatic carbocycles. The minimum atomic E-state index is -0.767. The predicted octanol–water partition coefficient (Wildman–Crippen LogP) is 5.07. The lowest BCUT2D eigenvalue weighted by Crippen LogP contribution is -2.44. The molecule has 2 aromatic carbocycles. The fraction of sp³-hybridized carbons (Fsp3) is 0.393. The van der Waals surface area contributed by atoms with Gasteiger partial charge in [0.25, 0.3) is 0 Å². The number of ether oxygens (including phenoxy) is 2. The van der Waals surface area contributed by atoms with Crippen LogP contribution in [0, 0.1) is 0 Å². The zero-order valence-electron chi connectivity index (χ0n) is 21.9. The minimum absolute atomic E-state index is 0.0940. The molecule has 2 heterocycles. The van der Waals surface area contributed by atoms with E-state index in [0.29, 0.717) is 24.2 Å². The van der Waals surface area contributed by atoms with Crippen molar-refractivity contribution in [2.24, 2.45) is 0 Å². The maximum atomic E-state index is 13.5. The van der Waals surface area contributed by atoms with Crippen LogP contribution in [0.25, 0.3) is 10.9 Å². The number of carbonyl (C=O) groups excluding carboxylic acids is 3. The number of hydrogen-bond acceptors (Lipinski definition) is 6. The number of aromatic nitrogens is 1. The average molecular weight is 508 g/mol. The maximum Gasteiger partial charge on any atom is 0.419 e. The zero-order valence-corrected chi connectivity index (χ0v) is 21.9. The Balaban J connectivity index is 1.78. The van der Waals surface area contributed by atoms with Gasteiger partial charge in [-0.15, -0.1) is 0 Å². The first-order valence-electron chi connectivity index (χ1n) is 12.2.